The van der Waals surface area contributed by atoms with Crippen LogP contribution in [0.5, 0.6) is 0 Å². The van der Waals surface area contributed by atoms with Gasteiger partial charge in [-0.2, -0.15) is 5.10 Å². The molecule has 3 aromatic rings. The quantitative estimate of drug-likeness (QED) is 0.353. The predicted octanol–water partition coefficient (Wildman–Crippen LogP) is 5.95. The second-order valence-corrected chi connectivity index (χ2v) is 11.6. The van der Waals surface area contributed by atoms with Crippen LogP contribution in [0.3, 0.4) is 0 Å². The fraction of sp³-hybridized carbons (Fsp3) is 0.500. The normalized spacial score (nSPS) is 15.6. The third kappa shape index (κ3) is 7.02. The van der Waals surface area contributed by atoms with Crippen LogP contribution in [0.15, 0.2) is 48.5 Å². The monoisotopic (exact) mass is 556 g/mol. The van der Waals surface area contributed by atoms with Crippen molar-refractivity contribution in [2.45, 2.75) is 65.1 Å². The number of halogens is 3. The van der Waals surface area contributed by atoms with E-state index < -0.39 is 35.8 Å². The molecule has 0 radical (unpaired) electrons. The second-order valence-electron chi connectivity index (χ2n) is 11.6. The van der Waals surface area contributed by atoms with Crippen LogP contribution < -0.4 is 5.73 Å². The summed E-state index contributed by atoms with van der Waals surface area (Å²) in [6.45, 7) is 7.08. The Bertz CT molecular complexity index is 1270. The zero-order valence-electron chi connectivity index (χ0n) is 23.5. The Morgan fingerprint density at radius 3 is 2.42 bits per heavy atom. The lowest BCUT2D eigenvalue weighted by atomic mass is 9.84. The van der Waals surface area contributed by atoms with Crippen molar-refractivity contribution in [2.75, 3.05) is 26.3 Å². The Morgan fingerprint density at radius 2 is 1.77 bits per heavy atom. The summed E-state index contributed by atoms with van der Waals surface area (Å²) in [6, 6.07) is 11.3. The van der Waals surface area contributed by atoms with Gasteiger partial charge in [-0.1, -0.05) is 51.1 Å². The molecule has 40 heavy (non-hydrogen) atoms. The number of hydrogen-bond acceptors (Lipinski definition) is 4. The van der Waals surface area contributed by atoms with E-state index in [4.69, 9.17) is 10.7 Å². The summed E-state index contributed by atoms with van der Waals surface area (Å²) >= 11 is 0. The minimum Gasteiger partial charge on any atom is -0.325 e. The predicted molar refractivity (Wildman–Crippen MR) is 149 cm³/mol. The number of rotatable bonds is 9. The van der Waals surface area contributed by atoms with Gasteiger partial charge < -0.3 is 15.5 Å². The number of likely N-dealkylation sites (tertiary alicyclic amines) is 1. The summed E-state index contributed by atoms with van der Waals surface area (Å²) in [4.78, 5) is 22.4. The molecular weight excluding hydrogens is 517 g/mol. The smallest absolute Gasteiger partial charge is 0.320 e. The number of alkyl halides is 1. The van der Waals surface area contributed by atoms with Gasteiger partial charge in [0.25, 0.3) is 0 Å². The van der Waals surface area contributed by atoms with E-state index >= 15 is 0 Å². The van der Waals surface area contributed by atoms with Gasteiger partial charge in [0.05, 0.1) is 18.2 Å². The summed E-state index contributed by atoms with van der Waals surface area (Å²) in [6.07, 6.45) is 3.15. The standard InChI is InChI=1S/C30H39F3N6O/c1-30(2,3)26(38(17-14-23(34)19-31)29(40)37-15-8-5-9-16-37)28-35-27(24-18-22(32)12-13-25(24)33)36-39(28)20-21-10-6-4-7-11-21/h4,6-7,10-13,18,23,26H,5,8-9,14-17,19-20,34H2,1-3H3/t23-,26-/m0/s1. The van der Waals surface area contributed by atoms with Gasteiger partial charge >= 0.3 is 6.03 Å². The zero-order valence-corrected chi connectivity index (χ0v) is 23.5. The molecule has 2 aromatic carbocycles. The van der Waals surface area contributed by atoms with Gasteiger partial charge in [0.1, 0.15) is 18.3 Å². The molecule has 1 aliphatic heterocycles. The van der Waals surface area contributed by atoms with Gasteiger partial charge in [-0.05, 0) is 54.9 Å². The first-order valence-electron chi connectivity index (χ1n) is 13.9. The number of hydrogen-bond donors (Lipinski definition) is 1. The van der Waals surface area contributed by atoms with Crippen LogP contribution in [0.25, 0.3) is 11.4 Å². The van der Waals surface area contributed by atoms with Crippen LogP contribution in [-0.4, -0.2) is 62.9 Å². The molecule has 0 bridgehead atoms. The van der Waals surface area contributed by atoms with Crippen molar-refractivity contribution in [3.8, 4) is 11.4 Å². The van der Waals surface area contributed by atoms with Crippen LogP contribution in [0, 0.1) is 17.0 Å². The molecular formula is C30H39F3N6O. The first-order valence-corrected chi connectivity index (χ1v) is 13.9. The minimum atomic E-state index is -0.712. The number of nitrogens with two attached hydrogens (primary N) is 1. The Balaban J connectivity index is 1.85. The molecule has 0 unspecified atom stereocenters. The van der Waals surface area contributed by atoms with E-state index in [2.05, 4.69) is 5.10 Å². The van der Waals surface area contributed by atoms with Gasteiger partial charge in [0, 0.05) is 25.7 Å². The van der Waals surface area contributed by atoms with Gasteiger partial charge in [0.2, 0.25) is 0 Å². The molecule has 2 N–H and O–H groups in total. The van der Waals surface area contributed by atoms with E-state index in [1.54, 1.807) is 9.58 Å². The maximum Gasteiger partial charge on any atom is 0.320 e. The third-order valence-electron chi connectivity index (χ3n) is 7.23. The molecule has 7 nitrogen and oxygen atoms in total. The Hall–Kier alpha value is -3.40. The van der Waals surface area contributed by atoms with E-state index in [0.29, 0.717) is 25.5 Å². The van der Waals surface area contributed by atoms with Crippen molar-refractivity contribution >= 4 is 6.03 Å². The number of piperidine rings is 1. The molecule has 0 aliphatic carbocycles. The highest BCUT2D eigenvalue weighted by Crippen LogP contribution is 2.39. The SMILES string of the molecule is CC(C)(C)[C@H](c1nc(-c2cc(F)ccc2F)nn1Cc1ccccc1)N(CC[C@H](N)CF)C(=O)N1CCCCC1. The lowest BCUT2D eigenvalue weighted by Gasteiger charge is -2.42. The molecule has 2 heterocycles. The van der Waals surface area contributed by atoms with Crippen LogP contribution in [0.2, 0.25) is 0 Å². The zero-order chi connectivity index (χ0) is 28.9. The van der Waals surface area contributed by atoms with Crippen molar-refractivity contribution in [3.05, 3.63) is 71.6 Å². The van der Waals surface area contributed by atoms with Crippen molar-refractivity contribution < 1.29 is 18.0 Å². The number of urea groups is 1. The third-order valence-corrected chi connectivity index (χ3v) is 7.23. The van der Waals surface area contributed by atoms with E-state index in [-0.39, 0.29) is 30.4 Å². The number of amides is 2. The first-order chi connectivity index (χ1) is 19.1. The van der Waals surface area contributed by atoms with Crippen molar-refractivity contribution in [3.63, 3.8) is 0 Å². The highest BCUT2D eigenvalue weighted by atomic mass is 19.1. The molecule has 0 saturated carbocycles. The molecule has 2 atom stereocenters. The lowest BCUT2D eigenvalue weighted by Crippen LogP contribution is -2.51. The van der Waals surface area contributed by atoms with E-state index in [0.717, 1.165) is 43.0 Å². The van der Waals surface area contributed by atoms with Crippen LogP contribution >= 0.6 is 0 Å². The highest BCUT2D eigenvalue weighted by Gasteiger charge is 2.40. The molecule has 1 saturated heterocycles. The van der Waals surface area contributed by atoms with Gasteiger partial charge in [-0.25, -0.2) is 27.6 Å². The summed E-state index contributed by atoms with van der Waals surface area (Å²) in [5.74, 6) is -0.781. The molecule has 0 spiro atoms. The highest BCUT2D eigenvalue weighted by molar-refractivity contribution is 5.75. The number of carbonyl (C=O) groups excluding carboxylic acids is 1. The van der Waals surface area contributed by atoms with Crippen molar-refractivity contribution in [2.24, 2.45) is 11.1 Å². The van der Waals surface area contributed by atoms with Crippen LogP contribution in [-0.2, 0) is 6.54 Å². The van der Waals surface area contributed by atoms with E-state index in [1.807, 2.05) is 56.0 Å². The molecule has 216 valence electrons. The Morgan fingerprint density at radius 1 is 1.07 bits per heavy atom. The van der Waals surface area contributed by atoms with E-state index in [1.165, 1.54) is 0 Å². The fourth-order valence-corrected chi connectivity index (χ4v) is 5.19. The maximum absolute atomic E-state index is 14.9. The Labute approximate surface area is 234 Å². The summed E-state index contributed by atoms with van der Waals surface area (Å²) < 4.78 is 44.1. The lowest BCUT2D eigenvalue weighted by molar-refractivity contribution is 0.0762. The number of carbonyl (C=O) groups is 1. The van der Waals surface area contributed by atoms with Crippen LogP contribution in [0.4, 0.5) is 18.0 Å². The summed E-state index contributed by atoms with van der Waals surface area (Å²) in [5.41, 5.74) is 6.27. The molecule has 1 fully saturated rings. The van der Waals surface area contributed by atoms with Gasteiger partial charge in [-0.3, -0.25) is 0 Å². The molecule has 4 rings (SSSR count). The number of nitrogens with zero attached hydrogens (tertiary/aromatic N) is 5. The average Bonchev–Trinajstić information content (AvgIpc) is 3.34. The van der Waals surface area contributed by atoms with Gasteiger partial charge in [-0.15, -0.1) is 0 Å². The Kier molecular flexibility index (Phi) is 9.50. The molecule has 10 heteroatoms. The molecule has 2 amide bonds. The van der Waals surface area contributed by atoms with Crippen molar-refractivity contribution in [1.29, 1.82) is 0 Å². The van der Waals surface area contributed by atoms with Crippen LogP contribution in [0.1, 0.15) is 63.9 Å². The second kappa shape index (κ2) is 12.8. The maximum atomic E-state index is 14.9. The topological polar surface area (TPSA) is 80.3 Å². The van der Waals surface area contributed by atoms with Gasteiger partial charge in [0.15, 0.2) is 11.6 Å². The van der Waals surface area contributed by atoms with E-state index in [9.17, 15) is 18.0 Å². The average molecular weight is 557 g/mol. The molecule has 1 aromatic heterocycles. The van der Waals surface area contributed by atoms with Crippen molar-refractivity contribution in [1.82, 2.24) is 24.6 Å². The number of benzene rings is 2. The first kappa shape index (κ1) is 29.6. The summed E-state index contributed by atoms with van der Waals surface area (Å²) in [5, 5.41) is 4.64. The summed E-state index contributed by atoms with van der Waals surface area (Å²) in [7, 11) is 0. The minimum absolute atomic E-state index is 0.0306. The largest absolute Gasteiger partial charge is 0.325 e. The molecule has 1 aliphatic rings. The fourth-order valence-electron chi connectivity index (χ4n) is 5.19. The number of aromatic nitrogens is 3.